The third kappa shape index (κ3) is 5.01. The first kappa shape index (κ1) is 19.2. The van der Waals surface area contributed by atoms with Gasteiger partial charge in [0.15, 0.2) is 0 Å². The molecule has 0 aliphatic rings. The van der Waals surface area contributed by atoms with Gasteiger partial charge in [0, 0.05) is 0 Å². The Labute approximate surface area is 154 Å². The Hall–Kier alpha value is -2.52. The zero-order chi connectivity index (χ0) is 19.5. The first-order valence-corrected chi connectivity index (χ1v) is 9.54. The fourth-order valence-electron chi connectivity index (χ4n) is 2.54. The van der Waals surface area contributed by atoms with Gasteiger partial charge in [0.25, 0.3) is 0 Å². The average Bonchev–Trinajstić information content (AvgIpc) is 3.27. The van der Waals surface area contributed by atoms with E-state index in [-0.39, 0.29) is 18.7 Å². The van der Waals surface area contributed by atoms with Crippen LogP contribution in [0.1, 0.15) is 22.6 Å². The summed E-state index contributed by atoms with van der Waals surface area (Å²) in [7, 11) is -3.94. The molecule has 0 radical (unpaired) electrons. The zero-order valence-corrected chi connectivity index (χ0v) is 14.8. The molecule has 3 rings (SSSR count). The van der Waals surface area contributed by atoms with Crippen LogP contribution in [0.25, 0.3) is 0 Å². The summed E-state index contributed by atoms with van der Waals surface area (Å²) >= 11 is 0. The van der Waals surface area contributed by atoms with Crippen LogP contribution in [-0.2, 0) is 35.0 Å². The molecule has 2 heterocycles. The van der Waals surface area contributed by atoms with Crippen LogP contribution in [0, 0.1) is 0 Å². The van der Waals surface area contributed by atoms with Crippen molar-refractivity contribution < 1.29 is 30.4 Å². The van der Waals surface area contributed by atoms with Gasteiger partial charge in [-0.25, -0.2) is 8.42 Å². The molecule has 1 aromatic carbocycles. The van der Waals surface area contributed by atoms with Crippen molar-refractivity contribution in [2.24, 2.45) is 0 Å². The molecule has 0 spiro atoms. The summed E-state index contributed by atoms with van der Waals surface area (Å²) in [6.45, 7) is -0.121. The molecule has 0 bridgehead atoms. The van der Waals surface area contributed by atoms with Gasteiger partial charge < -0.3 is 8.83 Å². The Morgan fingerprint density at radius 1 is 0.889 bits per heavy atom. The van der Waals surface area contributed by atoms with E-state index in [0.29, 0.717) is 11.5 Å². The smallest absolute Gasteiger partial charge is 0.416 e. The van der Waals surface area contributed by atoms with Gasteiger partial charge >= 0.3 is 6.18 Å². The van der Waals surface area contributed by atoms with Crippen molar-refractivity contribution in [2.45, 2.75) is 25.0 Å². The molecule has 0 saturated heterocycles. The predicted molar refractivity (Wildman–Crippen MR) is 90.7 cm³/mol. The van der Waals surface area contributed by atoms with Crippen LogP contribution >= 0.6 is 0 Å². The van der Waals surface area contributed by atoms with E-state index in [1.54, 1.807) is 24.3 Å². The number of benzene rings is 1. The summed E-state index contributed by atoms with van der Waals surface area (Å²) in [4.78, 5) is 0. The summed E-state index contributed by atoms with van der Waals surface area (Å²) in [5, 5.41) is 0. The van der Waals surface area contributed by atoms with Gasteiger partial charge in [-0.2, -0.15) is 17.5 Å². The third-order valence-corrected chi connectivity index (χ3v) is 5.56. The molecule has 0 saturated carbocycles. The second-order valence-electron chi connectivity index (χ2n) is 5.88. The zero-order valence-electron chi connectivity index (χ0n) is 14.0. The Morgan fingerprint density at radius 2 is 1.48 bits per heavy atom. The Balaban J connectivity index is 1.86. The maximum atomic E-state index is 12.9. The van der Waals surface area contributed by atoms with E-state index in [1.165, 1.54) is 24.7 Å². The average molecular weight is 399 g/mol. The fraction of sp³-hybridized carbons (Fsp3) is 0.222. The molecule has 0 N–H and O–H groups in total. The highest BCUT2D eigenvalue weighted by atomic mass is 32.2. The predicted octanol–water partition coefficient (Wildman–Crippen LogP) is 4.42. The molecule has 0 fully saturated rings. The Kier molecular flexibility index (Phi) is 5.43. The topological polar surface area (TPSA) is 63.7 Å². The van der Waals surface area contributed by atoms with Gasteiger partial charge in [-0.05, 0) is 35.9 Å². The van der Waals surface area contributed by atoms with Crippen molar-refractivity contribution in [1.29, 1.82) is 0 Å². The number of halogens is 3. The minimum absolute atomic E-state index is 0.0497. The monoisotopic (exact) mass is 399 g/mol. The lowest BCUT2D eigenvalue weighted by atomic mass is 10.1. The van der Waals surface area contributed by atoms with Crippen LogP contribution < -0.4 is 0 Å². The number of hydrogen-bond acceptors (Lipinski definition) is 4. The van der Waals surface area contributed by atoms with E-state index < -0.39 is 27.5 Å². The van der Waals surface area contributed by atoms with E-state index in [1.807, 2.05) is 0 Å². The van der Waals surface area contributed by atoms with Crippen molar-refractivity contribution in [3.05, 3.63) is 83.7 Å². The largest absolute Gasteiger partial charge is 0.468 e. The fourth-order valence-corrected chi connectivity index (χ4v) is 3.98. The normalized spacial score (nSPS) is 12.6. The van der Waals surface area contributed by atoms with Crippen molar-refractivity contribution in [3.8, 4) is 0 Å². The highest BCUT2D eigenvalue weighted by Gasteiger charge is 2.31. The molecular formula is C18H16F3NO4S. The van der Waals surface area contributed by atoms with E-state index in [9.17, 15) is 21.6 Å². The molecule has 27 heavy (non-hydrogen) atoms. The quantitative estimate of drug-likeness (QED) is 0.590. The summed E-state index contributed by atoms with van der Waals surface area (Å²) < 4.78 is 75.9. The lowest BCUT2D eigenvalue weighted by Crippen LogP contribution is -2.31. The number of hydrogen-bond donors (Lipinski definition) is 0. The van der Waals surface area contributed by atoms with Gasteiger partial charge in [-0.1, -0.05) is 18.2 Å². The van der Waals surface area contributed by atoms with Crippen LogP contribution in [0.15, 0.2) is 69.9 Å². The maximum Gasteiger partial charge on any atom is 0.416 e. The van der Waals surface area contributed by atoms with Crippen LogP contribution in [0.3, 0.4) is 0 Å². The molecule has 9 heteroatoms. The molecule has 0 unspecified atom stereocenters. The van der Waals surface area contributed by atoms with Crippen LogP contribution in [0.4, 0.5) is 13.2 Å². The Bertz CT molecular complexity index is 928. The van der Waals surface area contributed by atoms with Crippen LogP contribution in [0.2, 0.25) is 0 Å². The van der Waals surface area contributed by atoms with Gasteiger partial charge in [0.2, 0.25) is 10.0 Å². The highest BCUT2D eigenvalue weighted by molar-refractivity contribution is 7.88. The molecular weight excluding hydrogens is 383 g/mol. The number of alkyl halides is 3. The van der Waals surface area contributed by atoms with Crippen molar-refractivity contribution in [2.75, 3.05) is 0 Å². The summed E-state index contributed by atoms with van der Waals surface area (Å²) in [5.74, 6) is 0.251. The van der Waals surface area contributed by atoms with Crippen molar-refractivity contribution in [1.82, 2.24) is 4.31 Å². The van der Waals surface area contributed by atoms with Gasteiger partial charge in [-0.3, -0.25) is 0 Å². The number of furan rings is 2. The van der Waals surface area contributed by atoms with E-state index in [2.05, 4.69) is 0 Å². The molecule has 0 amide bonds. The third-order valence-electron chi connectivity index (χ3n) is 3.82. The van der Waals surface area contributed by atoms with E-state index in [0.717, 1.165) is 16.4 Å². The minimum Gasteiger partial charge on any atom is -0.468 e. The van der Waals surface area contributed by atoms with Crippen LogP contribution in [0.5, 0.6) is 0 Å². The molecule has 0 aliphatic heterocycles. The van der Waals surface area contributed by atoms with Gasteiger partial charge in [0.1, 0.15) is 11.5 Å². The lowest BCUT2D eigenvalue weighted by Gasteiger charge is -2.20. The standard InChI is InChI=1S/C18H16F3NO4S/c19-18(20,21)15-5-1-4-14(10-15)13-27(23,24)22(11-16-6-2-8-25-16)12-17-7-3-9-26-17/h1-10H,11-13H2. The first-order valence-electron chi connectivity index (χ1n) is 7.93. The van der Waals surface area contributed by atoms with Crippen molar-refractivity contribution >= 4 is 10.0 Å². The molecule has 144 valence electrons. The molecule has 5 nitrogen and oxygen atoms in total. The highest BCUT2D eigenvalue weighted by Crippen LogP contribution is 2.30. The first-order chi connectivity index (χ1) is 12.7. The Morgan fingerprint density at radius 3 is 1.96 bits per heavy atom. The second-order valence-corrected chi connectivity index (χ2v) is 7.85. The SMILES string of the molecule is O=S(=O)(Cc1cccc(C(F)(F)F)c1)N(Cc1ccco1)Cc1ccco1. The summed E-state index contributed by atoms with van der Waals surface area (Å²) in [5.41, 5.74) is -0.840. The summed E-state index contributed by atoms with van der Waals surface area (Å²) in [6, 6.07) is 10.8. The molecule has 0 atom stereocenters. The molecule has 3 aromatic rings. The maximum absolute atomic E-state index is 12.9. The van der Waals surface area contributed by atoms with Gasteiger partial charge in [0.05, 0.1) is 36.9 Å². The minimum atomic E-state index is -4.54. The lowest BCUT2D eigenvalue weighted by molar-refractivity contribution is -0.137. The van der Waals surface area contributed by atoms with E-state index >= 15 is 0 Å². The molecule has 0 aliphatic carbocycles. The van der Waals surface area contributed by atoms with Crippen molar-refractivity contribution in [3.63, 3.8) is 0 Å². The van der Waals surface area contributed by atoms with E-state index in [4.69, 9.17) is 8.83 Å². The summed E-state index contributed by atoms with van der Waals surface area (Å²) in [6.07, 6.45) is -1.71. The molecule has 2 aromatic heterocycles. The number of rotatable bonds is 7. The second kappa shape index (κ2) is 7.61. The van der Waals surface area contributed by atoms with Crippen LogP contribution in [-0.4, -0.2) is 12.7 Å². The number of nitrogens with zero attached hydrogens (tertiary/aromatic N) is 1. The number of sulfonamides is 1. The van der Waals surface area contributed by atoms with Gasteiger partial charge in [-0.15, -0.1) is 0 Å².